The summed E-state index contributed by atoms with van der Waals surface area (Å²) in [7, 11) is 3.50. The van der Waals surface area contributed by atoms with E-state index in [1.165, 1.54) is 31.7 Å². The van der Waals surface area contributed by atoms with E-state index < -0.39 is 0 Å². The third kappa shape index (κ3) is 5.57. The maximum atomic E-state index is 5.88. The molecule has 2 N–H and O–H groups in total. The van der Waals surface area contributed by atoms with E-state index in [0.717, 1.165) is 30.4 Å². The van der Waals surface area contributed by atoms with E-state index in [0.29, 0.717) is 25.8 Å². The van der Waals surface area contributed by atoms with Crippen LogP contribution in [0.5, 0.6) is 5.75 Å². The summed E-state index contributed by atoms with van der Waals surface area (Å²) in [5.74, 6) is 1.73. The number of fused-ring (bicyclic) bond motifs is 3. The van der Waals surface area contributed by atoms with Gasteiger partial charge in [0.1, 0.15) is 12.4 Å². The zero-order valence-corrected chi connectivity index (χ0v) is 16.8. The molecule has 1 atom stereocenters. The number of aryl methyl sites for hydroxylation is 1. The lowest BCUT2D eigenvalue weighted by molar-refractivity contribution is 0.0154. The monoisotopic (exact) mass is 375 g/mol. The van der Waals surface area contributed by atoms with Crippen molar-refractivity contribution < 1.29 is 9.47 Å². The molecule has 3 saturated heterocycles. The number of rotatable bonds is 8. The Balaban J connectivity index is 1.50. The van der Waals surface area contributed by atoms with Gasteiger partial charge in [-0.15, -0.1) is 0 Å². The quantitative estimate of drug-likeness (QED) is 0.396. The average Bonchev–Trinajstić information content (AvgIpc) is 2.70. The number of piperazine rings is 3. The van der Waals surface area contributed by atoms with Crippen molar-refractivity contribution in [2.45, 2.75) is 19.5 Å². The van der Waals surface area contributed by atoms with E-state index in [1.807, 2.05) is 7.05 Å². The highest BCUT2D eigenvalue weighted by Gasteiger charge is 2.31. The van der Waals surface area contributed by atoms with E-state index in [-0.39, 0.29) is 0 Å². The first-order valence-electron chi connectivity index (χ1n) is 9.82. The third-order valence-electron chi connectivity index (χ3n) is 5.33. The number of ether oxygens (including phenoxy) is 2. The summed E-state index contributed by atoms with van der Waals surface area (Å²) >= 11 is 0. The van der Waals surface area contributed by atoms with Gasteiger partial charge in [0.05, 0.1) is 6.61 Å². The molecule has 1 aromatic carbocycles. The first-order valence-corrected chi connectivity index (χ1v) is 9.82. The lowest BCUT2D eigenvalue weighted by Gasteiger charge is -2.47. The van der Waals surface area contributed by atoms with Gasteiger partial charge in [-0.1, -0.05) is 12.1 Å². The maximum Gasteiger partial charge on any atom is 0.191 e. The van der Waals surface area contributed by atoms with Gasteiger partial charge >= 0.3 is 0 Å². The molecule has 2 bridgehead atoms. The molecule has 3 fully saturated rings. The molecule has 3 aliphatic rings. The van der Waals surface area contributed by atoms with Crippen LogP contribution < -0.4 is 15.4 Å². The minimum atomic E-state index is 0.550. The Morgan fingerprint density at radius 1 is 1.19 bits per heavy atom. The Bertz CT molecular complexity index is 629. The second-order valence-corrected chi connectivity index (χ2v) is 7.25. The van der Waals surface area contributed by atoms with E-state index >= 15 is 0 Å². The largest absolute Gasteiger partial charge is 0.491 e. The Morgan fingerprint density at radius 2 is 2.00 bits per heavy atom. The molecule has 0 spiro atoms. The van der Waals surface area contributed by atoms with Crippen molar-refractivity contribution in [1.29, 1.82) is 0 Å². The molecule has 7 heteroatoms. The molecular formula is C20H33N5O2. The fraction of sp³-hybridized carbons (Fsp3) is 0.650. The van der Waals surface area contributed by atoms with Crippen molar-refractivity contribution in [2.75, 3.05) is 66.6 Å². The SMILES string of the molecule is CN=C(NCc1ccc(C)cc1OCCOC)NCC1CN2CCN1CC2. The Kier molecular flexibility index (Phi) is 7.32. The molecule has 3 heterocycles. The molecule has 0 aromatic heterocycles. The summed E-state index contributed by atoms with van der Waals surface area (Å²) < 4.78 is 11.0. The van der Waals surface area contributed by atoms with Gasteiger partial charge in [0, 0.05) is 71.6 Å². The summed E-state index contributed by atoms with van der Waals surface area (Å²) in [5, 5.41) is 6.90. The first-order chi connectivity index (χ1) is 13.2. The topological polar surface area (TPSA) is 61.4 Å². The van der Waals surface area contributed by atoms with Gasteiger partial charge < -0.3 is 20.1 Å². The van der Waals surface area contributed by atoms with Gasteiger partial charge in [0.15, 0.2) is 5.96 Å². The smallest absolute Gasteiger partial charge is 0.191 e. The van der Waals surface area contributed by atoms with Crippen LogP contribution in [0.25, 0.3) is 0 Å². The maximum absolute atomic E-state index is 5.88. The standard InChI is InChI=1S/C20H33N5O2/c1-16-4-5-17(19(12-16)27-11-10-26-3)13-22-20(21-2)23-14-18-15-24-6-8-25(18)9-7-24/h4-5,12,18H,6-11,13-15H2,1-3H3,(H2,21,22,23). The van der Waals surface area contributed by atoms with Crippen LogP contribution in [0, 0.1) is 6.92 Å². The molecule has 0 saturated carbocycles. The highest BCUT2D eigenvalue weighted by Crippen LogP contribution is 2.20. The zero-order valence-electron chi connectivity index (χ0n) is 16.8. The van der Waals surface area contributed by atoms with E-state index in [4.69, 9.17) is 9.47 Å². The molecule has 0 aliphatic carbocycles. The van der Waals surface area contributed by atoms with E-state index in [1.54, 1.807) is 7.11 Å². The third-order valence-corrected chi connectivity index (χ3v) is 5.33. The van der Waals surface area contributed by atoms with Crippen LogP contribution in [0.2, 0.25) is 0 Å². The number of nitrogens with zero attached hydrogens (tertiary/aromatic N) is 3. The lowest BCUT2D eigenvalue weighted by atomic mass is 10.1. The van der Waals surface area contributed by atoms with Gasteiger partial charge in [-0.2, -0.15) is 0 Å². The predicted molar refractivity (Wildman–Crippen MR) is 109 cm³/mol. The lowest BCUT2D eigenvalue weighted by Crippen LogP contribution is -2.63. The van der Waals surface area contributed by atoms with Crippen LogP contribution in [0.3, 0.4) is 0 Å². The highest BCUT2D eigenvalue weighted by molar-refractivity contribution is 5.79. The Labute approximate surface area is 162 Å². The van der Waals surface area contributed by atoms with Crippen LogP contribution in [0.4, 0.5) is 0 Å². The molecule has 0 radical (unpaired) electrons. The van der Waals surface area contributed by atoms with Crippen molar-refractivity contribution in [1.82, 2.24) is 20.4 Å². The van der Waals surface area contributed by atoms with Gasteiger partial charge in [-0.25, -0.2) is 0 Å². The molecule has 0 amide bonds. The number of guanidine groups is 1. The minimum Gasteiger partial charge on any atom is -0.491 e. The molecule has 3 aliphatic heterocycles. The van der Waals surface area contributed by atoms with Crippen molar-refractivity contribution in [3.05, 3.63) is 29.3 Å². The molecule has 4 rings (SSSR count). The molecule has 1 unspecified atom stereocenters. The van der Waals surface area contributed by atoms with Crippen molar-refractivity contribution >= 4 is 5.96 Å². The fourth-order valence-corrected chi connectivity index (χ4v) is 3.71. The van der Waals surface area contributed by atoms with Gasteiger partial charge in [0.2, 0.25) is 0 Å². The molecule has 7 nitrogen and oxygen atoms in total. The second kappa shape index (κ2) is 9.92. The van der Waals surface area contributed by atoms with Crippen LogP contribution in [0.1, 0.15) is 11.1 Å². The zero-order chi connectivity index (χ0) is 19.1. The number of benzene rings is 1. The van der Waals surface area contributed by atoms with Crippen LogP contribution in [0.15, 0.2) is 23.2 Å². The molecule has 27 heavy (non-hydrogen) atoms. The molecular weight excluding hydrogens is 342 g/mol. The van der Waals surface area contributed by atoms with Gasteiger partial charge in [0.25, 0.3) is 0 Å². The van der Waals surface area contributed by atoms with Crippen LogP contribution in [-0.4, -0.2) is 88.4 Å². The summed E-state index contributed by atoms with van der Waals surface area (Å²) in [6, 6.07) is 6.86. The van der Waals surface area contributed by atoms with E-state index in [9.17, 15) is 0 Å². The first kappa shape index (κ1) is 19.9. The number of nitrogens with one attached hydrogen (secondary N) is 2. The number of hydrogen-bond donors (Lipinski definition) is 2. The minimum absolute atomic E-state index is 0.550. The van der Waals surface area contributed by atoms with Crippen molar-refractivity contribution in [2.24, 2.45) is 4.99 Å². The predicted octanol–water partition coefficient (Wildman–Crippen LogP) is 0.685. The molecule has 1 aromatic rings. The summed E-state index contributed by atoms with van der Waals surface area (Å²) in [6.07, 6.45) is 0. The average molecular weight is 376 g/mol. The highest BCUT2D eigenvalue weighted by atomic mass is 16.5. The van der Waals surface area contributed by atoms with Crippen LogP contribution >= 0.6 is 0 Å². The number of aliphatic imine (C=N–C) groups is 1. The van der Waals surface area contributed by atoms with Gasteiger partial charge in [-0.05, 0) is 18.6 Å². The fourth-order valence-electron chi connectivity index (χ4n) is 3.71. The van der Waals surface area contributed by atoms with Crippen molar-refractivity contribution in [3.63, 3.8) is 0 Å². The normalized spacial score (nSPS) is 24.7. The van der Waals surface area contributed by atoms with Crippen molar-refractivity contribution in [3.8, 4) is 5.75 Å². The number of hydrogen-bond acceptors (Lipinski definition) is 5. The summed E-state index contributed by atoms with van der Waals surface area (Å²) in [6.45, 7) is 10.7. The van der Waals surface area contributed by atoms with Crippen LogP contribution in [-0.2, 0) is 11.3 Å². The molecule has 150 valence electrons. The van der Waals surface area contributed by atoms with Gasteiger partial charge in [-0.3, -0.25) is 14.8 Å². The Hall–Kier alpha value is -1.83. The summed E-state index contributed by atoms with van der Waals surface area (Å²) in [4.78, 5) is 9.51. The summed E-state index contributed by atoms with van der Waals surface area (Å²) in [5.41, 5.74) is 2.30. The van der Waals surface area contributed by atoms with E-state index in [2.05, 4.69) is 50.5 Å². The number of methoxy groups -OCH3 is 1. The second-order valence-electron chi connectivity index (χ2n) is 7.25. The Morgan fingerprint density at radius 3 is 2.67 bits per heavy atom.